The summed E-state index contributed by atoms with van der Waals surface area (Å²) in [5, 5.41) is 0. The van der Waals surface area contributed by atoms with Crippen LogP contribution in [0.15, 0.2) is 12.2 Å². The molecule has 1 saturated heterocycles. The van der Waals surface area contributed by atoms with Gasteiger partial charge < -0.3 is 4.74 Å². The average Bonchev–Trinajstić information content (AvgIpc) is 2.74. The standard InChI is InChI=1S/C14H16O4/c1-13-7-11(16)18-10(13)6-4-8-3-5-9(15)14(8,2)12(13)17/h3,5,8,10H,4,6-7H2,1-2H3/t8?,10-,13-,14+/m0/s1. The summed E-state index contributed by atoms with van der Waals surface area (Å²) < 4.78 is 5.27. The van der Waals surface area contributed by atoms with E-state index >= 15 is 0 Å². The van der Waals surface area contributed by atoms with E-state index in [1.807, 2.05) is 6.08 Å². The van der Waals surface area contributed by atoms with Crippen LogP contribution in [0.1, 0.15) is 33.1 Å². The molecule has 0 aromatic rings. The van der Waals surface area contributed by atoms with E-state index in [2.05, 4.69) is 0 Å². The van der Waals surface area contributed by atoms with Gasteiger partial charge in [0.25, 0.3) is 0 Å². The number of allylic oxidation sites excluding steroid dienone is 2. The lowest BCUT2D eigenvalue weighted by atomic mass is 9.65. The highest BCUT2D eigenvalue weighted by atomic mass is 16.6. The zero-order valence-corrected chi connectivity index (χ0v) is 10.6. The minimum absolute atomic E-state index is 0.0429. The Morgan fingerprint density at radius 3 is 2.67 bits per heavy atom. The van der Waals surface area contributed by atoms with Gasteiger partial charge in [0.05, 0.1) is 17.3 Å². The van der Waals surface area contributed by atoms with Gasteiger partial charge >= 0.3 is 5.97 Å². The average molecular weight is 248 g/mol. The molecule has 0 aromatic heterocycles. The van der Waals surface area contributed by atoms with Gasteiger partial charge in [0.2, 0.25) is 0 Å². The maximum absolute atomic E-state index is 12.8. The first-order chi connectivity index (χ1) is 8.39. The minimum Gasteiger partial charge on any atom is -0.461 e. The number of rotatable bonds is 0. The molecule has 3 aliphatic rings. The second-order valence-electron chi connectivity index (χ2n) is 6.01. The summed E-state index contributed by atoms with van der Waals surface area (Å²) in [6.45, 7) is 3.49. The number of fused-ring (bicyclic) bond motifs is 2. The van der Waals surface area contributed by atoms with Gasteiger partial charge in [-0.05, 0) is 38.7 Å². The first-order valence-corrected chi connectivity index (χ1v) is 6.36. The van der Waals surface area contributed by atoms with E-state index in [0.717, 1.165) is 6.42 Å². The molecule has 0 aromatic carbocycles. The fraction of sp³-hybridized carbons (Fsp3) is 0.643. The monoisotopic (exact) mass is 248 g/mol. The SMILES string of the molecule is C[C@]12C(=O)C=CC1CC[C@@H]1OC(=O)C[C@]1(C)C2=O. The summed E-state index contributed by atoms with van der Waals surface area (Å²) in [6.07, 6.45) is 4.48. The molecule has 0 spiro atoms. The molecule has 2 fully saturated rings. The molecule has 4 nitrogen and oxygen atoms in total. The predicted octanol–water partition coefficient (Wildman–Crippen LogP) is 1.43. The van der Waals surface area contributed by atoms with Crippen molar-refractivity contribution >= 4 is 17.5 Å². The van der Waals surface area contributed by atoms with E-state index in [9.17, 15) is 14.4 Å². The van der Waals surface area contributed by atoms with E-state index in [1.54, 1.807) is 13.8 Å². The predicted molar refractivity (Wildman–Crippen MR) is 62.6 cm³/mol. The van der Waals surface area contributed by atoms with Gasteiger partial charge in [0, 0.05) is 0 Å². The molecule has 96 valence electrons. The lowest BCUT2D eigenvalue weighted by Crippen LogP contribution is -2.47. The third-order valence-corrected chi connectivity index (χ3v) is 4.96. The van der Waals surface area contributed by atoms with Crippen LogP contribution in [0.25, 0.3) is 0 Å². The number of ketones is 2. The number of carbonyl (C=O) groups is 3. The van der Waals surface area contributed by atoms with Crippen LogP contribution in [0.4, 0.5) is 0 Å². The summed E-state index contributed by atoms with van der Waals surface area (Å²) >= 11 is 0. The molecule has 4 atom stereocenters. The fourth-order valence-electron chi connectivity index (χ4n) is 3.69. The van der Waals surface area contributed by atoms with Crippen molar-refractivity contribution in [2.24, 2.45) is 16.7 Å². The number of hydrogen-bond donors (Lipinski definition) is 0. The third kappa shape index (κ3) is 1.18. The zero-order chi connectivity index (χ0) is 13.1. The van der Waals surface area contributed by atoms with Gasteiger partial charge in [-0.25, -0.2) is 0 Å². The third-order valence-electron chi connectivity index (χ3n) is 4.96. The molecule has 1 heterocycles. The lowest BCUT2D eigenvalue weighted by molar-refractivity contribution is -0.146. The number of esters is 1. The Kier molecular flexibility index (Phi) is 2.14. The normalized spacial score (nSPS) is 46.7. The van der Waals surface area contributed by atoms with E-state index in [4.69, 9.17) is 4.74 Å². The molecule has 0 amide bonds. The highest BCUT2D eigenvalue weighted by molar-refractivity contribution is 6.16. The van der Waals surface area contributed by atoms with Crippen LogP contribution in [0.3, 0.4) is 0 Å². The van der Waals surface area contributed by atoms with Crippen LogP contribution >= 0.6 is 0 Å². The lowest BCUT2D eigenvalue weighted by Gasteiger charge is -2.33. The van der Waals surface area contributed by atoms with Gasteiger partial charge in [-0.2, -0.15) is 0 Å². The summed E-state index contributed by atoms with van der Waals surface area (Å²) in [6, 6.07) is 0. The van der Waals surface area contributed by atoms with Gasteiger partial charge in [0.15, 0.2) is 11.6 Å². The number of Topliss-reactive ketones (excluding diaryl/α,β-unsaturated/α-hetero) is 1. The highest BCUT2D eigenvalue weighted by Gasteiger charge is 2.62. The van der Waals surface area contributed by atoms with Crippen LogP contribution in [0.5, 0.6) is 0 Å². The van der Waals surface area contributed by atoms with E-state index in [-0.39, 0.29) is 36.0 Å². The summed E-state index contributed by atoms with van der Waals surface area (Å²) in [4.78, 5) is 36.4. The van der Waals surface area contributed by atoms with Crippen molar-refractivity contribution in [3.05, 3.63) is 12.2 Å². The molecule has 18 heavy (non-hydrogen) atoms. The quantitative estimate of drug-likeness (QED) is 0.480. The first kappa shape index (κ1) is 11.6. The Morgan fingerprint density at radius 2 is 1.94 bits per heavy atom. The second kappa shape index (κ2) is 3.31. The Balaban J connectivity index is 2.09. The minimum atomic E-state index is -0.989. The Bertz CT molecular complexity index is 492. The zero-order valence-electron chi connectivity index (χ0n) is 10.6. The highest BCUT2D eigenvalue weighted by Crippen LogP contribution is 2.52. The van der Waals surface area contributed by atoms with Crippen molar-refractivity contribution in [1.29, 1.82) is 0 Å². The molecule has 0 bridgehead atoms. The summed E-state index contributed by atoms with van der Waals surface area (Å²) in [7, 11) is 0. The van der Waals surface area contributed by atoms with Crippen molar-refractivity contribution in [2.45, 2.75) is 39.2 Å². The maximum atomic E-state index is 12.8. The molecule has 0 N–H and O–H groups in total. The van der Waals surface area contributed by atoms with Crippen LogP contribution in [0.2, 0.25) is 0 Å². The van der Waals surface area contributed by atoms with E-state index in [1.165, 1.54) is 6.08 Å². The number of hydrogen-bond acceptors (Lipinski definition) is 4. The van der Waals surface area contributed by atoms with Crippen molar-refractivity contribution < 1.29 is 19.1 Å². The molecular formula is C14H16O4. The topological polar surface area (TPSA) is 60.4 Å². The summed E-state index contributed by atoms with van der Waals surface area (Å²) in [5.41, 5.74) is -1.82. The molecule has 0 radical (unpaired) electrons. The first-order valence-electron chi connectivity index (χ1n) is 6.36. The van der Waals surface area contributed by atoms with Crippen molar-refractivity contribution in [3.63, 3.8) is 0 Å². The molecule has 1 aliphatic heterocycles. The van der Waals surface area contributed by atoms with Crippen molar-refractivity contribution in [2.75, 3.05) is 0 Å². The Hall–Kier alpha value is -1.45. The molecule has 4 heteroatoms. The van der Waals surface area contributed by atoms with Gasteiger partial charge in [-0.15, -0.1) is 0 Å². The van der Waals surface area contributed by atoms with Crippen LogP contribution < -0.4 is 0 Å². The number of ether oxygens (including phenoxy) is 1. The van der Waals surface area contributed by atoms with Crippen molar-refractivity contribution in [3.8, 4) is 0 Å². The Morgan fingerprint density at radius 1 is 1.22 bits per heavy atom. The van der Waals surface area contributed by atoms with Crippen LogP contribution in [-0.2, 0) is 19.1 Å². The smallest absolute Gasteiger partial charge is 0.307 e. The molecule has 1 unspecified atom stereocenters. The summed E-state index contributed by atoms with van der Waals surface area (Å²) in [5.74, 6) is -0.614. The van der Waals surface area contributed by atoms with Gasteiger partial charge in [0.1, 0.15) is 6.10 Å². The molecule has 1 saturated carbocycles. The van der Waals surface area contributed by atoms with E-state index in [0.29, 0.717) is 6.42 Å². The van der Waals surface area contributed by atoms with Crippen LogP contribution in [-0.4, -0.2) is 23.6 Å². The van der Waals surface area contributed by atoms with Crippen molar-refractivity contribution in [1.82, 2.24) is 0 Å². The Labute approximate surface area is 105 Å². The molecule has 2 aliphatic carbocycles. The molecular weight excluding hydrogens is 232 g/mol. The largest absolute Gasteiger partial charge is 0.461 e. The maximum Gasteiger partial charge on any atom is 0.307 e. The molecule has 3 rings (SSSR count). The second-order valence-corrected chi connectivity index (χ2v) is 6.01. The van der Waals surface area contributed by atoms with E-state index < -0.39 is 10.8 Å². The fourth-order valence-corrected chi connectivity index (χ4v) is 3.69. The number of carbonyl (C=O) groups excluding carboxylic acids is 3. The van der Waals surface area contributed by atoms with Gasteiger partial charge in [-0.3, -0.25) is 14.4 Å². The van der Waals surface area contributed by atoms with Crippen LogP contribution in [0, 0.1) is 16.7 Å². The van der Waals surface area contributed by atoms with Gasteiger partial charge in [-0.1, -0.05) is 6.08 Å².